The van der Waals surface area contributed by atoms with Crippen molar-refractivity contribution < 1.29 is 9.59 Å². The van der Waals surface area contributed by atoms with Gasteiger partial charge in [0.15, 0.2) is 56.9 Å². The number of nitrogen functional groups attached to an aromatic ring is 4. The molecular weight excluding hydrogens is 627 g/mol. The molecule has 2 aromatic rings. The maximum atomic E-state index is 12.3. The van der Waals surface area contributed by atoms with Gasteiger partial charge in [0, 0.05) is 19.1 Å². The highest BCUT2D eigenvalue weighted by atomic mass is 35.5. The first-order valence-corrected chi connectivity index (χ1v) is 15.1. The molecule has 3 heterocycles. The number of nitrogens with one attached hydrogen (secondary N) is 7. The summed E-state index contributed by atoms with van der Waals surface area (Å²) in [6.45, 7) is 4.89. The third-order valence-corrected chi connectivity index (χ3v) is 7.40. The second-order valence-corrected chi connectivity index (χ2v) is 11.0. The van der Waals surface area contributed by atoms with Crippen molar-refractivity contribution >= 4 is 70.2 Å². The predicted molar refractivity (Wildman–Crippen MR) is 174 cm³/mol. The Morgan fingerprint density at radius 2 is 1.16 bits per heavy atom. The van der Waals surface area contributed by atoms with Crippen LogP contribution in [0.2, 0.25) is 10.3 Å². The molecule has 1 aliphatic rings. The molecule has 0 bridgehead atoms. The first-order valence-electron chi connectivity index (χ1n) is 14.3. The molecule has 3 rings (SSSR count). The monoisotopic (exact) mass is 666 g/mol. The van der Waals surface area contributed by atoms with E-state index in [1.807, 2.05) is 0 Å². The van der Waals surface area contributed by atoms with Crippen LogP contribution in [-0.2, 0) is 0 Å². The number of carbonyl (C=O) groups is 2. The lowest BCUT2D eigenvalue weighted by molar-refractivity contribution is 0.0963. The fourth-order valence-electron chi connectivity index (χ4n) is 4.46. The summed E-state index contributed by atoms with van der Waals surface area (Å²) in [5.41, 5.74) is 22.0. The summed E-state index contributed by atoms with van der Waals surface area (Å²) in [6.07, 6.45) is 5.64. The number of likely N-dealkylation sites (tertiary alicyclic amines) is 1. The number of nitrogens with two attached hydrogens (primary N) is 4. The van der Waals surface area contributed by atoms with E-state index in [-0.39, 0.29) is 56.9 Å². The van der Waals surface area contributed by atoms with Crippen molar-refractivity contribution in [2.45, 2.75) is 44.6 Å². The molecule has 1 aliphatic heterocycles. The molecule has 45 heavy (non-hydrogen) atoms. The van der Waals surface area contributed by atoms with E-state index in [1.165, 1.54) is 0 Å². The van der Waals surface area contributed by atoms with Crippen LogP contribution in [0.3, 0.4) is 0 Å². The van der Waals surface area contributed by atoms with Crippen LogP contribution in [0.15, 0.2) is 0 Å². The zero-order chi connectivity index (χ0) is 32.9. The van der Waals surface area contributed by atoms with Crippen LogP contribution in [-0.4, -0.2) is 93.9 Å². The van der Waals surface area contributed by atoms with Gasteiger partial charge in [-0.1, -0.05) is 23.2 Å². The normalized spacial score (nSPS) is 13.6. The molecular formula is C25H40Cl2N16O2. The van der Waals surface area contributed by atoms with E-state index in [2.05, 4.69) is 51.4 Å². The first kappa shape index (κ1) is 35.2. The van der Waals surface area contributed by atoms with Crippen LogP contribution in [0.4, 0.5) is 23.3 Å². The Morgan fingerprint density at radius 1 is 0.711 bits per heavy atom. The van der Waals surface area contributed by atoms with Gasteiger partial charge in [-0.25, -0.2) is 19.9 Å². The highest BCUT2D eigenvalue weighted by molar-refractivity contribution is 6.32. The zero-order valence-electron chi connectivity index (χ0n) is 24.7. The summed E-state index contributed by atoms with van der Waals surface area (Å²) >= 11 is 11.6. The summed E-state index contributed by atoms with van der Waals surface area (Å²) in [6, 6.07) is 0.463. The minimum Gasteiger partial charge on any atom is -0.382 e. The molecule has 2 amide bonds. The van der Waals surface area contributed by atoms with Gasteiger partial charge in [0.25, 0.3) is 11.8 Å². The average Bonchev–Trinajstić information content (AvgIpc) is 2.99. The van der Waals surface area contributed by atoms with Gasteiger partial charge in [-0.15, -0.1) is 0 Å². The number of guanidine groups is 2. The molecule has 0 spiro atoms. The Labute approximate surface area is 270 Å². The van der Waals surface area contributed by atoms with E-state index in [1.54, 1.807) is 0 Å². The van der Waals surface area contributed by atoms with Gasteiger partial charge in [-0.3, -0.25) is 31.0 Å². The molecule has 0 radical (unpaired) electrons. The summed E-state index contributed by atoms with van der Waals surface area (Å²) in [4.78, 5) is 42.1. The maximum absolute atomic E-state index is 12.3. The molecule has 20 heteroatoms. The van der Waals surface area contributed by atoms with E-state index in [0.717, 1.165) is 64.7 Å². The van der Waals surface area contributed by atoms with Gasteiger partial charge >= 0.3 is 0 Å². The number of hydrogen-bond donors (Lipinski definition) is 11. The number of piperidine rings is 1. The number of rotatable bonds is 13. The molecule has 0 aromatic carbocycles. The quantitative estimate of drug-likeness (QED) is 0.0744. The van der Waals surface area contributed by atoms with Crippen LogP contribution < -0.4 is 49.5 Å². The molecule has 246 valence electrons. The lowest BCUT2D eigenvalue weighted by Gasteiger charge is -2.32. The Morgan fingerprint density at radius 3 is 1.64 bits per heavy atom. The largest absolute Gasteiger partial charge is 0.382 e. The average molecular weight is 668 g/mol. The Kier molecular flexibility index (Phi) is 13.5. The topological polar surface area (TPSA) is 301 Å². The highest BCUT2D eigenvalue weighted by Crippen LogP contribution is 2.18. The van der Waals surface area contributed by atoms with Crippen LogP contribution in [0.5, 0.6) is 0 Å². The minimum absolute atomic E-state index is 0.0732. The predicted octanol–water partition coefficient (Wildman–Crippen LogP) is -0.275. The zero-order valence-corrected chi connectivity index (χ0v) is 26.2. The van der Waals surface area contributed by atoms with Crippen molar-refractivity contribution in [3.63, 3.8) is 0 Å². The third-order valence-electron chi connectivity index (χ3n) is 6.85. The van der Waals surface area contributed by atoms with E-state index in [4.69, 9.17) is 57.0 Å². The Balaban J connectivity index is 1.18. The number of halogens is 2. The maximum Gasteiger partial charge on any atom is 0.280 e. The molecule has 2 aromatic heterocycles. The van der Waals surface area contributed by atoms with Crippen LogP contribution in [0.1, 0.15) is 59.5 Å². The number of anilines is 4. The van der Waals surface area contributed by atoms with Crippen LogP contribution in [0.25, 0.3) is 0 Å². The van der Waals surface area contributed by atoms with Crippen molar-refractivity contribution in [2.24, 2.45) is 0 Å². The summed E-state index contributed by atoms with van der Waals surface area (Å²) in [5.74, 6) is -2.21. The van der Waals surface area contributed by atoms with E-state index < -0.39 is 11.8 Å². The van der Waals surface area contributed by atoms with Gasteiger partial charge in [0.1, 0.15) is 0 Å². The van der Waals surface area contributed by atoms with Crippen molar-refractivity contribution in [1.29, 1.82) is 10.8 Å². The number of carbonyl (C=O) groups excluding carboxylic acids is 2. The number of nitrogens with zero attached hydrogens (tertiary/aromatic N) is 5. The van der Waals surface area contributed by atoms with Gasteiger partial charge in [0.2, 0.25) is 0 Å². The molecule has 1 fully saturated rings. The van der Waals surface area contributed by atoms with Gasteiger partial charge in [-0.05, 0) is 64.7 Å². The standard InChI is InChI=1S/C25H40Cl2N16O2/c26-16-20(30)39-18(28)14(37-16)22(44)41-24(32)35-8-2-1-7-34-13-5-11-43(12-6-13)10-4-3-9-36-25(33)42-23(45)15-19(29)40-21(31)17(27)38-15/h13,34H,1-12H2,(H4,28,30,39)(H4,29,31,40)(H3,32,35,41,44)(H3,33,36,42,45). The fraction of sp³-hybridized carbons (Fsp3) is 0.520. The van der Waals surface area contributed by atoms with E-state index >= 15 is 0 Å². The fourth-order valence-corrected chi connectivity index (χ4v) is 4.71. The van der Waals surface area contributed by atoms with Crippen molar-refractivity contribution in [1.82, 2.24) is 51.4 Å². The Bertz CT molecular complexity index is 1370. The van der Waals surface area contributed by atoms with Crippen molar-refractivity contribution in [3.8, 4) is 0 Å². The lowest BCUT2D eigenvalue weighted by atomic mass is 10.0. The van der Waals surface area contributed by atoms with E-state index in [9.17, 15) is 9.59 Å². The molecule has 0 unspecified atom stereocenters. The van der Waals surface area contributed by atoms with Crippen LogP contribution in [0, 0.1) is 10.8 Å². The smallest absolute Gasteiger partial charge is 0.280 e. The van der Waals surface area contributed by atoms with Gasteiger partial charge < -0.3 is 43.8 Å². The Hall–Kier alpha value is -4.26. The SMILES string of the molecule is N=C(NCCCCNC1CCN(CCCCNC(=N)NC(=O)c2nc(Cl)c(N)nc2N)CC1)NC(=O)c1nc(Cl)c(N)nc1N. The molecule has 0 atom stereocenters. The second kappa shape index (κ2) is 17.3. The molecule has 0 saturated carbocycles. The summed E-state index contributed by atoms with van der Waals surface area (Å²) in [5, 5.41) is 29.6. The van der Waals surface area contributed by atoms with Crippen LogP contribution >= 0.6 is 23.2 Å². The van der Waals surface area contributed by atoms with Gasteiger partial charge in [0.05, 0.1) is 0 Å². The number of hydrogen-bond acceptors (Lipinski definition) is 14. The first-order chi connectivity index (χ1) is 21.4. The number of aromatic nitrogens is 4. The lowest BCUT2D eigenvalue weighted by Crippen LogP contribution is -2.43. The molecule has 18 nitrogen and oxygen atoms in total. The third kappa shape index (κ3) is 11.3. The second-order valence-electron chi connectivity index (χ2n) is 10.3. The molecule has 1 saturated heterocycles. The number of amides is 2. The minimum atomic E-state index is -0.699. The van der Waals surface area contributed by atoms with Crippen molar-refractivity contribution in [2.75, 3.05) is 62.2 Å². The summed E-state index contributed by atoms with van der Waals surface area (Å²) in [7, 11) is 0. The van der Waals surface area contributed by atoms with Gasteiger partial charge in [-0.2, -0.15) is 0 Å². The highest BCUT2D eigenvalue weighted by Gasteiger charge is 2.20. The number of unbranched alkanes of at least 4 members (excludes halogenated alkanes) is 2. The molecule has 15 N–H and O–H groups in total. The molecule has 0 aliphatic carbocycles. The van der Waals surface area contributed by atoms with E-state index in [0.29, 0.717) is 19.1 Å². The summed E-state index contributed by atoms with van der Waals surface area (Å²) < 4.78 is 0. The van der Waals surface area contributed by atoms with Crippen molar-refractivity contribution in [3.05, 3.63) is 21.7 Å².